The lowest BCUT2D eigenvalue weighted by Gasteiger charge is -2.38. The predicted molar refractivity (Wildman–Crippen MR) is 172 cm³/mol. The van der Waals surface area contributed by atoms with E-state index in [0.29, 0.717) is 0 Å². The highest BCUT2D eigenvalue weighted by Gasteiger charge is 2.31. The summed E-state index contributed by atoms with van der Waals surface area (Å²) in [6, 6.07) is 16.4. The third-order valence-corrected chi connectivity index (χ3v) is 10.3. The molecule has 1 amide bonds. The molecule has 0 aromatic heterocycles. The zero-order valence-electron chi connectivity index (χ0n) is 25.8. The van der Waals surface area contributed by atoms with Crippen LogP contribution in [0.3, 0.4) is 0 Å². The van der Waals surface area contributed by atoms with Gasteiger partial charge < -0.3 is 4.90 Å². The Bertz CT molecular complexity index is 1050. The molecule has 0 bridgehead atoms. The number of likely N-dealkylation sites (N-methyl/N-ethyl adjacent to an activating group) is 1. The summed E-state index contributed by atoms with van der Waals surface area (Å²) in [7, 11) is 1.84. The van der Waals surface area contributed by atoms with Gasteiger partial charge in [-0.25, -0.2) is 0 Å². The van der Waals surface area contributed by atoms with Crippen LogP contribution < -0.4 is 0 Å². The molecule has 0 N–H and O–H groups in total. The lowest BCUT2D eigenvalue weighted by Crippen LogP contribution is -2.25. The highest BCUT2D eigenvalue weighted by atomic mass is 16.2. The Labute approximate surface area is 245 Å². The first-order valence-corrected chi connectivity index (χ1v) is 16.6. The van der Waals surface area contributed by atoms with Crippen molar-refractivity contribution in [2.75, 3.05) is 13.6 Å². The van der Waals surface area contributed by atoms with Crippen LogP contribution in [0.15, 0.2) is 55.1 Å². The summed E-state index contributed by atoms with van der Waals surface area (Å²) in [5, 5.41) is 0. The summed E-state index contributed by atoms with van der Waals surface area (Å²) in [5.74, 6) is 3.76. The number of amides is 1. The summed E-state index contributed by atoms with van der Waals surface area (Å²) in [6.07, 6.45) is 21.8. The average molecular weight is 542 g/mol. The number of hydrogen-bond donors (Lipinski definition) is 0. The molecule has 218 valence electrons. The van der Waals surface area contributed by atoms with Crippen molar-refractivity contribution in [3.63, 3.8) is 0 Å². The van der Waals surface area contributed by atoms with Gasteiger partial charge in [0.15, 0.2) is 0 Å². The summed E-state index contributed by atoms with van der Waals surface area (Å²) >= 11 is 0. The largest absolute Gasteiger partial charge is 0.342 e. The van der Waals surface area contributed by atoms with Crippen molar-refractivity contribution >= 4 is 5.91 Å². The maximum Gasteiger partial charge on any atom is 0.245 e. The normalized spacial score (nSPS) is 23.1. The molecule has 2 heteroatoms. The van der Waals surface area contributed by atoms with Gasteiger partial charge in [0.1, 0.15) is 0 Å². The van der Waals surface area contributed by atoms with Gasteiger partial charge in [-0.1, -0.05) is 101 Å². The van der Waals surface area contributed by atoms with E-state index in [1.165, 1.54) is 105 Å². The number of carbonyl (C=O) groups is 1. The molecule has 0 unspecified atom stereocenters. The van der Waals surface area contributed by atoms with Gasteiger partial charge in [-0.05, 0) is 115 Å². The fraction of sp³-hybridized carbons (Fsp3) is 0.605. The highest BCUT2D eigenvalue weighted by Crippen LogP contribution is 2.45. The number of benzene rings is 2. The Balaban J connectivity index is 1.27. The smallest absolute Gasteiger partial charge is 0.245 e. The van der Waals surface area contributed by atoms with Crippen LogP contribution in [-0.4, -0.2) is 24.4 Å². The number of nitrogens with zero attached hydrogens (tertiary/aromatic N) is 1. The van der Waals surface area contributed by atoms with Crippen molar-refractivity contribution in [2.45, 2.75) is 116 Å². The first-order chi connectivity index (χ1) is 19.5. The van der Waals surface area contributed by atoms with Crippen molar-refractivity contribution in [2.24, 2.45) is 17.8 Å². The fourth-order valence-electron chi connectivity index (χ4n) is 7.63. The van der Waals surface area contributed by atoms with E-state index in [9.17, 15) is 4.79 Å². The summed E-state index contributed by atoms with van der Waals surface area (Å²) in [6.45, 7) is 8.95. The van der Waals surface area contributed by atoms with Gasteiger partial charge in [-0.2, -0.15) is 0 Å². The molecule has 0 atom stereocenters. The number of unbranched alkanes of at least 4 members (excludes halogenated alkanes) is 2. The number of rotatable bonds is 13. The van der Waals surface area contributed by atoms with Crippen molar-refractivity contribution in [1.82, 2.24) is 4.90 Å². The standard InChI is InChI=1S/C38H55NO/c1-5-8-9-11-29-13-17-32(18-14-29)33-21-23-34(24-22-33)36-25-26-37(31(6-2)28-36)35-19-15-30(16-20-35)12-10-27-39(4)38(40)7-3/h7,15-16,19-20,25-26,28-29,32-34H,3,5-6,8-14,17-18,21-24,27H2,1-2,4H3. The molecule has 2 aliphatic carbocycles. The molecule has 0 heterocycles. The minimum atomic E-state index is -0.00524. The maximum absolute atomic E-state index is 11.7. The molecule has 2 aliphatic rings. The van der Waals surface area contributed by atoms with E-state index in [1.54, 1.807) is 10.5 Å². The summed E-state index contributed by atoms with van der Waals surface area (Å²) in [4.78, 5) is 13.4. The minimum absolute atomic E-state index is 0.00524. The SMILES string of the molecule is C=CC(=O)N(C)CCCc1ccc(-c2ccc(C3CCC(C4CCC(CCCCC)CC4)CC3)cc2CC)cc1. The van der Waals surface area contributed by atoms with Crippen LogP contribution in [0.5, 0.6) is 0 Å². The zero-order valence-corrected chi connectivity index (χ0v) is 25.8. The van der Waals surface area contributed by atoms with Crippen molar-refractivity contribution in [1.29, 1.82) is 0 Å². The monoisotopic (exact) mass is 541 g/mol. The van der Waals surface area contributed by atoms with E-state index in [2.05, 4.69) is 62.9 Å². The van der Waals surface area contributed by atoms with Crippen LogP contribution >= 0.6 is 0 Å². The Morgan fingerprint density at radius 2 is 1.55 bits per heavy atom. The summed E-state index contributed by atoms with van der Waals surface area (Å²) in [5.41, 5.74) is 7.10. The Hall–Kier alpha value is -2.35. The van der Waals surface area contributed by atoms with Crippen molar-refractivity contribution in [3.8, 4) is 11.1 Å². The highest BCUT2D eigenvalue weighted by molar-refractivity contribution is 5.86. The Morgan fingerprint density at radius 3 is 2.17 bits per heavy atom. The summed E-state index contributed by atoms with van der Waals surface area (Å²) < 4.78 is 0. The first kappa shape index (κ1) is 30.6. The van der Waals surface area contributed by atoms with Gasteiger partial charge in [0.25, 0.3) is 0 Å². The molecule has 2 aromatic rings. The van der Waals surface area contributed by atoms with Crippen LogP contribution in [0, 0.1) is 17.8 Å². The van der Waals surface area contributed by atoms with E-state index in [4.69, 9.17) is 0 Å². The molecule has 0 saturated heterocycles. The molecule has 0 spiro atoms. The molecule has 0 radical (unpaired) electrons. The van der Waals surface area contributed by atoms with E-state index < -0.39 is 0 Å². The van der Waals surface area contributed by atoms with Gasteiger partial charge in [-0.15, -0.1) is 0 Å². The van der Waals surface area contributed by atoms with Crippen LogP contribution in [0.4, 0.5) is 0 Å². The molecule has 2 aromatic carbocycles. The third kappa shape index (κ3) is 8.34. The van der Waals surface area contributed by atoms with Crippen molar-refractivity contribution in [3.05, 3.63) is 71.8 Å². The minimum Gasteiger partial charge on any atom is -0.342 e. The van der Waals surface area contributed by atoms with Gasteiger partial charge in [-0.3, -0.25) is 4.79 Å². The van der Waals surface area contributed by atoms with E-state index >= 15 is 0 Å². The molecule has 2 nitrogen and oxygen atoms in total. The Kier molecular flexibility index (Phi) is 11.9. The lowest BCUT2D eigenvalue weighted by atomic mass is 9.68. The molecule has 2 saturated carbocycles. The lowest BCUT2D eigenvalue weighted by molar-refractivity contribution is -0.124. The van der Waals surface area contributed by atoms with Crippen LogP contribution in [0.2, 0.25) is 0 Å². The second-order valence-corrected chi connectivity index (χ2v) is 12.9. The molecule has 2 fully saturated rings. The van der Waals surface area contributed by atoms with Gasteiger partial charge in [0.2, 0.25) is 5.91 Å². The third-order valence-electron chi connectivity index (χ3n) is 10.3. The Morgan fingerprint density at radius 1 is 0.875 bits per heavy atom. The van der Waals surface area contributed by atoms with E-state index in [1.807, 2.05) is 7.05 Å². The molecule has 0 aliphatic heterocycles. The van der Waals surface area contributed by atoms with Gasteiger partial charge >= 0.3 is 0 Å². The predicted octanol–water partition coefficient (Wildman–Crippen LogP) is 10.2. The van der Waals surface area contributed by atoms with E-state index in [-0.39, 0.29) is 5.91 Å². The topological polar surface area (TPSA) is 20.3 Å². The average Bonchev–Trinajstić information content (AvgIpc) is 3.01. The molecular weight excluding hydrogens is 486 g/mol. The second-order valence-electron chi connectivity index (χ2n) is 12.9. The number of hydrogen-bond acceptors (Lipinski definition) is 1. The van der Waals surface area contributed by atoms with E-state index in [0.717, 1.165) is 49.5 Å². The van der Waals surface area contributed by atoms with Crippen LogP contribution in [0.1, 0.15) is 120 Å². The van der Waals surface area contributed by atoms with Gasteiger partial charge in [0, 0.05) is 13.6 Å². The first-order valence-electron chi connectivity index (χ1n) is 16.6. The molecular formula is C38H55NO. The van der Waals surface area contributed by atoms with Crippen LogP contribution in [-0.2, 0) is 17.6 Å². The quantitative estimate of drug-likeness (QED) is 0.182. The molecule has 40 heavy (non-hydrogen) atoms. The van der Waals surface area contributed by atoms with Crippen LogP contribution in [0.25, 0.3) is 11.1 Å². The fourth-order valence-corrected chi connectivity index (χ4v) is 7.63. The number of aryl methyl sites for hydroxylation is 2. The van der Waals surface area contributed by atoms with Crippen molar-refractivity contribution < 1.29 is 4.79 Å². The second kappa shape index (κ2) is 15.6. The zero-order chi connectivity index (χ0) is 28.3. The van der Waals surface area contributed by atoms with Gasteiger partial charge in [0.05, 0.1) is 0 Å². The molecule has 4 rings (SSSR count). The maximum atomic E-state index is 11.7. The number of carbonyl (C=O) groups excluding carboxylic acids is 1.